The Balaban J connectivity index is 1.70. The number of ether oxygens (including phenoxy) is 3. The molecule has 0 radical (unpaired) electrons. The summed E-state index contributed by atoms with van der Waals surface area (Å²) in [6.07, 6.45) is -2.83. The number of carbonyl (C=O) groups excluding carboxylic acids is 1. The molecule has 0 N–H and O–H groups in total. The van der Waals surface area contributed by atoms with Crippen molar-refractivity contribution < 1.29 is 36.6 Å². The molecule has 1 fully saturated rings. The van der Waals surface area contributed by atoms with Crippen molar-refractivity contribution in [1.29, 1.82) is 0 Å². The van der Waals surface area contributed by atoms with Crippen LogP contribution in [0.4, 0.5) is 17.6 Å². The summed E-state index contributed by atoms with van der Waals surface area (Å²) in [7, 11) is 0. The van der Waals surface area contributed by atoms with Crippen LogP contribution in [0, 0.1) is 0 Å². The molecule has 0 aliphatic heterocycles. The SMILES string of the molecule is CCOc1ccc(C2(C(=O)OC(Oc3ccccc3)c3ccccc3)CC(F)(F)C2(F)F)cc1. The molecular formula is C26H22F4O4. The first-order valence-electron chi connectivity index (χ1n) is 10.7. The van der Waals surface area contributed by atoms with E-state index in [-0.39, 0.29) is 5.56 Å². The van der Waals surface area contributed by atoms with E-state index in [4.69, 9.17) is 14.2 Å². The zero-order valence-corrected chi connectivity index (χ0v) is 18.2. The van der Waals surface area contributed by atoms with Crippen LogP contribution < -0.4 is 9.47 Å². The van der Waals surface area contributed by atoms with Crippen LogP contribution in [0.15, 0.2) is 84.9 Å². The van der Waals surface area contributed by atoms with Gasteiger partial charge in [-0.3, -0.25) is 4.79 Å². The smallest absolute Gasteiger partial charge is 0.330 e. The van der Waals surface area contributed by atoms with Crippen LogP contribution in [0.1, 0.15) is 30.8 Å². The lowest BCUT2D eigenvalue weighted by atomic mass is 9.58. The van der Waals surface area contributed by atoms with E-state index >= 15 is 0 Å². The van der Waals surface area contributed by atoms with Crippen molar-refractivity contribution in [2.45, 2.75) is 36.9 Å². The van der Waals surface area contributed by atoms with E-state index in [1.807, 2.05) is 0 Å². The molecule has 2 atom stereocenters. The maximum atomic E-state index is 15.0. The number of esters is 1. The van der Waals surface area contributed by atoms with E-state index in [1.54, 1.807) is 67.6 Å². The lowest BCUT2D eigenvalue weighted by molar-refractivity contribution is -0.326. The van der Waals surface area contributed by atoms with Gasteiger partial charge < -0.3 is 14.2 Å². The Bertz CT molecular complexity index is 1120. The van der Waals surface area contributed by atoms with Crippen molar-refractivity contribution in [2.24, 2.45) is 0 Å². The zero-order chi connectivity index (χ0) is 24.4. The molecule has 3 aromatic rings. The van der Waals surface area contributed by atoms with Crippen molar-refractivity contribution in [2.75, 3.05) is 6.61 Å². The van der Waals surface area contributed by atoms with Crippen LogP contribution >= 0.6 is 0 Å². The number of hydrogen-bond donors (Lipinski definition) is 0. The van der Waals surface area contributed by atoms with Gasteiger partial charge in [-0.05, 0) is 36.8 Å². The predicted octanol–water partition coefficient (Wildman–Crippen LogP) is 6.32. The van der Waals surface area contributed by atoms with Crippen LogP contribution in [0.25, 0.3) is 0 Å². The predicted molar refractivity (Wildman–Crippen MR) is 116 cm³/mol. The number of halogens is 4. The molecule has 1 saturated carbocycles. The molecule has 178 valence electrons. The molecule has 8 heteroatoms. The molecule has 1 aliphatic rings. The topological polar surface area (TPSA) is 44.8 Å². The van der Waals surface area contributed by atoms with Crippen molar-refractivity contribution >= 4 is 5.97 Å². The molecule has 3 aromatic carbocycles. The van der Waals surface area contributed by atoms with E-state index in [0.29, 0.717) is 23.7 Å². The quantitative estimate of drug-likeness (QED) is 0.218. The minimum atomic E-state index is -4.67. The van der Waals surface area contributed by atoms with E-state index in [1.165, 1.54) is 24.3 Å². The molecule has 34 heavy (non-hydrogen) atoms. The third kappa shape index (κ3) is 3.97. The summed E-state index contributed by atoms with van der Waals surface area (Å²) in [5.41, 5.74) is -2.81. The summed E-state index contributed by atoms with van der Waals surface area (Å²) in [5.74, 6) is -9.87. The van der Waals surface area contributed by atoms with Crippen molar-refractivity contribution in [1.82, 2.24) is 0 Å². The molecule has 0 saturated heterocycles. The first kappa shape index (κ1) is 23.6. The van der Waals surface area contributed by atoms with Crippen LogP contribution in [0.3, 0.4) is 0 Å². The normalized spacial score (nSPS) is 21.1. The first-order valence-corrected chi connectivity index (χ1v) is 10.7. The Kier molecular flexibility index (Phi) is 6.25. The van der Waals surface area contributed by atoms with Crippen molar-refractivity contribution in [3.8, 4) is 11.5 Å². The number of carbonyl (C=O) groups is 1. The van der Waals surface area contributed by atoms with Gasteiger partial charge in [0.1, 0.15) is 11.5 Å². The summed E-state index contributed by atoms with van der Waals surface area (Å²) < 4.78 is 74.5. The fourth-order valence-electron chi connectivity index (χ4n) is 3.96. The van der Waals surface area contributed by atoms with Gasteiger partial charge in [-0.1, -0.05) is 60.7 Å². The summed E-state index contributed by atoms with van der Waals surface area (Å²) in [4.78, 5) is 13.3. The number of hydrogen-bond acceptors (Lipinski definition) is 4. The van der Waals surface area contributed by atoms with Gasteiger partial charge in [-0.25, -0.2) is 0 Å². The molecular weight excluding hydrogens is 452 g/mol. The highest BCUT2D eigenvalue weighted by atomic mass is 19.3. The highest BCUT2D eigenvalue weighted by Gasteiger charge is 2.84. The Labute approximate surface area is 194 Å². The fraction of sp³-hybridized carbons (Fsp3) is 0.269. The second-order valence-electron chi connectivity index (χ2n) is 7.90. The molecule has 4 nitrogen and oxygen atoms in total. The highest BCUT2D eigenvalue weighted by Crippen LogP contribution is 2.64. The van der Waals surface area contributed by atoms with Gasteiger partial charge >= 0.3 is 17.8 Å². The molecule has 0 heterocycles. The van der Waals surface area contributed by atoms with Gasteiger partial charge in [0.2, 0.25) is 0 Å². The van der Waals surface area contributed by atoms with Crippen LogP contribution in [-0.2, 0) is 14.9 Å². The second kappa shape index (κ2) is 9.00. The Hall–Kier alpha value is -3.55. The van der Waals surface area contributed by atoms with Gasteiger partial charge in [0, 0.05) is 12.0 Å². The average molecular weight is 474 g/mol. The first-order chi connectivity index (χ1) is 16.2. The highest BCUT2D eigenvalue weighted by molar-refractivity contribution is 5.87. The Morgan fingerprint density at radius 3 is 1.97 bits per heavy atom. The summed E-state index contributed by atoms with van der Waals surface area (Å²) in [6.45, 7) is 2.07. The molecule has 1 aliphatic carbocycles. The van der Waals surface area contributed by atoms with Crippen LogP contribution in [0.2, 0.25) is 0 Å². The molecule has 2 unspecified atom stereocenters. The van der Waals surface area contributed by atoms with Gasteiger partial charge in [0.15, 0.2) is 5.41 Å². The number of para-hydroxylation sites is 1. The van der Waals surface area contributed by atoms with Gasteiger partial charge in [0.05, 0.1) is 6.61 Å². The van der Waals surface area contributed by atoms with E-state index in [9.17, 15) is 22.4 Å². The number of rotatable bonds is 8. The minimum Gasteiger partial charge on any atom is -0.494 e. The van der Waals surface area contributed by atoms with E-state index in [2.05, 4.69) is 0 Å². The molecule has 0 spiro atoms. The molecule has 0 bridgehead atoms. The Morgan fingerprint density at radius 2 is 1.44 bits per heavy atom. The summed E-state index contributed by atoms with van der Waals surface area (Å²) in [6, 6.07) is 21.6. The van der Waals surface area contributed by atoms with E-state index < -0.39 is 35.9 Å². The standard InChI is InChI=1S/C26H22F4O4/c1-2-32-20-15-13-19(14-16-20)24(17-25(27,28)26(24,29)30)23(31)34-22(18-9-5-3-6-10-18)33-21-11-7-4-8-12-21/h3-16,22H,2,17H2,1H3. The van der Waals surface area contributed by atoms with Gasteiger partial charge in [0.25, 0.3) is 6.29 Å². The largest absolute Gasteiger partial charge is 0.494 e. The molecule has 0 amide bonds. The number of alkyl halides is 4. The monoisotopic (exact) mass is 474 g/mol. The second-order valence-corrected chi connectivity index (χ2v) is 7.90. The van der Waals surface area contributed by atoms with Crippen LogP contribution in [-0.4, -0.2) is 24.4 Å². The Morgan fingerprint density at radius 1 is 0.853 bits per heavy atom. The van der Waals surface area contributed by atoms with Gasteiger partial charge in [-0.15, -0.1) is 0 Å². The summed E-state index contributed by atoms with van der Waals surface area (Å²) in [5, 5.41) is 0. The van der Waals surface area contributed by atoms with Gasteiger partial charge in [-0.2, -0.15) is 17.6 Å². The fourth-order valence-corrected chi connectivity index (χ4v) is 3.96. The third-order valence-electron chi connectivity index (χ3n) is 5.76. The molecule has 4 rings (SSSR count). The average Bonchev–Trinajstić information content (AvgIpc) is 2.84. The lowest BCUT2D eigenvalue weighted by Crippen LogP contribution is -2.73. The minimum absolute atomic E-state index is 0.289. The van der Waals surface area contributed by atoms with Crippen LogP contribution in [0.5, 0.6) is 11.5 Å². The third-order valence-corrected chi connectivity index (χ3v) is 5.76. The number of benzene rings is 3. The summed E-state index contributed by atoms with van der Waals surface area (Å²) >= 11 is 0. The lowest BCUT2D eigenvalue weighted by Gasteiger charge is -2.52. The van der Waals surface area contributed by atoms with E-state index in [0.717, 1.165) is 0 Å². The zero-order valence-electron chi connectivity index (χ0n) is 18.2. The van der Waals surface area contributed by atoms with Crippen molar-refractivity contribution in [3.63, 3.8) is 0 Å². The molecule has 0 aromatic heterocycles. The maximum absolute atomic E-state index is 15.0. The maximum Gasteiger partial charge on any atom is 0.330 e. The van der Waals surface area contributed by atoms with Crippen molar-refractivity contribution in [3.05, 3.63) is 96.1 Å².